The molecule has 1 N–H and O–H groups in total. The fourth-order valence-electron chi connectivity index (χ4n) is 2.94. The van der Waals surface area contributed by atoms with Gasteiger partial charge in [-0.25, -0.2) is 0 Å². The lowest BCUT2D eigenvalue weighted by Gasteiger charge is -2.36. The summed E-state index contributed by atoms with van der Waals surface area (Å²) in [6.07, 6.45) is 4.30. The second-order valence-electron chi connectivity index (χ2n) is 5.46. The first kappa shape index (κ1) is 14.3. The van der Waals surface area contributed by atoms with Crippen LogP contribution in [0.1, 0.15) is 35.6 Å². The molecule has 1 aromatic rings. The molecule has 2 heteroatoms. The normalized spacial score (nSPS) is 18.2. The Morgan fingerprint density at radius 2 is 2.05 bits per heavy atom. The van der Waals surface area contributed by atoms with Crippen molar-refractivity contribution in [3.05, 3.63) is 47.5 Å². The molecule has 0 bridgehead atoms. The number of nitrogens with one attached hydrogen (secondary N) is 1. The van der Waals surface area contributed by atoms with Crippen molar-refractivity contribution in [2.75, 3.05) is 26.2 Å². The lowest BCUT2D eigenvalue weighted by molar-refractivity contribution is 0.165. The van der Waals surface area contributed by atoms with Crippen LogP contribution in [0, 0.1) is 13.8 Å². The van der Waals surface area contributed by atoms with Gasteiger partial charge >= 0.3 is 0 Å². The molecule has 0 unspecified atom stereocenters. The van der Waals surface area contributed by atoms with E-state index in [-0.39, 0.29) is 0 Å². The van der Waals surface area contributed by atoms with E-state index in [1.165, 1.54) is 23.1 Å². The Balaban J connectivity index is 2.24. The highest BCUT2D eigenvalue weighted by Crippen LogP contribution is 2.30. The molecule has 1 fully saturated rings. The van der Waals surface area contributed by atoms with Crippen molar-refractivity contribution < 1.29 is 0 Å². The summed E-state index contributed by atoms with van der Waals surface area (Å²) in [5, 5.41) is 3.44. The van der Waals surface area contributed by atoms with E-state index in [1.54, 1.807) is 0 Å². The third-order valence-electron chi connectivity index (χ3n) is 4.24. The van der Waals surface area contributed by atoms with Gasteiger partial charge in [-0.2, -0.15) is 0 Å². The van der Waals surface area contributed by atoms with E-state index in [2.05, 4.69) is 48.8 Å². The van der Waals surface area contributed by atoms with Crippen LogP contribution in [-0.2, 0) is 0 Å². The highest BCUT2D eigenvalue weighted by Gasteiger charge is 2.22. The summed E-state index contributed by atoms with van der Waals surface area (Å²) < 4.78 is 0. The fourth-order valence-corrected chi connectivity index (χ4v) is 2.94. The van der Waals surface area contributed by atoms with E-state index in [1.807, 2.05) is 6.08 Å². The molecule has 0 aromatic heterocycles. The molecule has 0 saturated carbocycles. The summed E-state index contributed by atoms with van der Waals surface area (Å²) in [5.41, 5.74) is 4.36. The third-order valence-corrected chi connectivity index (χ3v) is 4.24. The van der Waals surface area contributed by atoms with Crippen LogP contribution in [0.3, 0.4) is 0 Å². The fraction of sp³-hybridized carbons (Fsp3) is 0.529. The molecule has 1 heterocycles. The van der Waals surface area contributed by atoms with Crippen LogP contribution in [0.25, 0.3) is 0 Å². The van der Waals surface area contributed by atoms with Crippen molar-refractivity contribution in [1.82, 2.24) is 10.2 Å². The van der Waals surface area contributed by atoms with Crippen molar-refractivity contribution in [2.24, 2.45) is 0 Å². The van der Waals surface area contributed by atoms with Crippen molar-refractivity contribution in [3.63, 3.8) is 0 Å². The Kier molecular flexibility index (Phi) is 5.17. The van der Waals surface area contributed by atoms with Gasteiger partial charge in [0.25, 0.3) is 0 Å². The summed E-state index contributed by atoms with van der Waals surface area (Å²) in [5.74, 6) is 0. The maximum Gasteiger partial charge on any atom is 0.0354 e. The molecule has 0 spiro atoms. The highest BCUT2D eigenvalue weighted by molar-refractivity contribution is 5.35. The number of piperazine rings is 1. The first-order valence-electron chi connectivity index (χ1n) is 7.36. The van der Waals surface area contributed by atoms with Gasteiger partial charge in [0.1, 0.15) is 0 Å². The van der Waals surface area contributed by atoms with Crippen LogP contribution < -0.4 is 5.32 Å². The average molecular weight is 258 g/mol. The minimum absolute atomic E-state index is 0.542. The minimum Gasteiger partial charge on any atom is -0.314 e. The number of aryl methyl sites for hydroxylation is 1. The van der Waals surface area contributed by atoms with Gasteiger partial charge in [0.05, 0.1) is 0 Å². The summed E-state index contributed by atoms with van der Waals surface area (Å²) >= 11 is 0. The van der Waals surface area contributed by atoms with E-state index in [4.69, 9.17) is 0 Å². The number of benzene rings is 1. The van der Waals surface area contributed by atoms with Crippen LogP contribution in [0.4, 0.5) is 0 Å². The SMILES string of the molecule is C=CCC[C@H](c1cccc(C)c1C)N1CCNCC1. The van der Waals surface area contributed by atoms with Gasteiger partial charge in [-0.1, -0.05) is 24.3 Å². The Morgan fingerprint density at radius 3 is 2.74 bits per heavy atom. The molecule has 0 aliphatic carbocycles. The first-order valence-corrected chi connectivity index (χ1v) is 7.36. The molecule has 1 aromatic carbocycles. The monoisotopic (exact) mass is 258 g/mol. The summed E-state index contributed by atoms with van der Waals surface area (Å²) in [7, 11) is 0. The van der Waals surface area contributed by atoms with E-state index in [9.17, 15) is 0 Å². The summed E-state index contributed by atoms with van der Waals surface area (Å²) in [6.45, 7) is 12.9. The average Bonchev–Trinajstić information content (AvgIpc) is 2.45. The molecule has 1 atom stereocenters. The van der Waals surface area contributed by atoms with Gasteiger partial charge in [-0.15, -0.1) is 6.58 Å². The van der Waals surface area contributed by atoms with Crippen molar-refractivity contribution in [1.29, 1.82) is 0 Å². The standard InChI is InChI=1S/C17H26N2/c1-4-5-9-17(19-12-10-18-11-13-19)16-8-6-7-14(2)15(16)3/h4,6-8,17-18H,1,5,9-13H2,2-3H3/t17-/m1/s1. The highest BCUT2D eigenvalue weighted by atomic mass is 15.2. The molecule has 0 amide bonds. The second-order valence-corrected chi connectivity index (χ2v) is 5.46. The van der Waals surface area contributed by atoms with Gasteiger partial charge in [-0.05, 0) is 43.4 Å². The smallest absolute Gasteiger partial charge is 0.0354 e. The maximum absolute atomic E-state index is 3.88. The number of nitrogens with zero attached hydrogens (tertiary/aromatic N) is 1. The van der Waals surface area contributed by atoms with Crippen LogP contribution in [0.15, 0.2) is 30.9 Å². The zero-order valence-corrected chi connectivity index (χ0v) is 12.3. The molecule has 2 nitrogen and oxygen atoms in total. The lowest BCUT2D eigenvalue weighted by Crippen LogP contribution is -2.45. The van der Waals surface area contributed by atoms with Crippen molar-refractivity contribution >= 4 is 0 Å². The zero-order valence-electron chi connectivity index (χ0n) is 12.3. The predicted molar refractivity (Wildman–Crippen MR) is 82.5 cm³/mol. The molecule has 104 valence electrons. The quantitative estimate of drug-likeness (QED) is 0.816. The summed E-state index contributed by atoms with van der Waals surface area (Å²) in [6, 6.07) is 7.25. The minimum atomic E-state index is 0.542. The Morgan fingerprint density at radius 1 is 1.32 bits per heavy atom. The molecule has 1 aliphatic heterocycles. The van der Waals surface area contributed by atoms with Gasteiger partial charge < -0.3 is 5.32 Å². The predicted octanol–water partition coefficient (Wildman–Crippen LogP) is 3.22. The second kappa shape index (κ2) is 6.88. The van der Waals surface area contributed by atoms with Crippen LogP contribution in [-0.4, -0.2) is 31.1 Å². The zero-order chi connectivity index (χ0) is 13.7. The molecular weight excluding hydrogens is 232 g/mol. The number of hydrogen-bond acceptors (Lipinski definition) is 2. The van der Waals surface area contributed by atoms with E-state index in [0.29, 0.717) is 6.04 Å². The van der Waals surface area contributed by atoms with Gasteiger partial charge in [0.15, 0.2) is 0 Å². The Labute approximate surface area is 117 Å². The number of rotatable bonds is 5. The van der Waals surface area contributed by atoms with Gasteiger partial charge in [-0.3, -0.25) is 4.90 Å². The third kappa shape index (κ3) is 3.46. The Hall–Kier alpha value is -1.12. The molecule has 2 rings (SSSR count). The van der Waals surface area contributed by atoms with Gasteiger partial charge in [0.2, 0.25) is 0 Å². The largest absolute Gasteiger partial charge is 0.314 e. The molecule has 0 radical (unpaired) electrons. The molecule has 1 aliphatic rings. The number of hydrogen-bond donors (Lipinski definition) is 1. The van der Waals surface area contributed by atoms with Crippen molar-refractivity contribution in [2.45, 2.75) is 32.7 Å². The van der Waals surface area contributed by atoms with Gasteiger partial charge in [0, 0.05) is 32.2 Å². The molecule has 19 heavy (non-hydrogen) atoms. The van der Waals surface area contributed by atoms with E-state index in [0.717, 1.165) is 32.6 Å². The van der Waals surface area contributed by atoms with Crippen LogP contribution >= 0.6 is 0 Å². The molecular formula is C17H26N2. The van der Waals surface area contributed by atoms with Crippen LogP contribution in [0.5, 0.6) is 0 Å². The van der Waals surface area contributed by atoms with E-state index < -0.39 is 0 Å². The first-order chi connectivity index (χ1) is 9.24. The molecule has 1 saturated heterocycles. The van der Waals surface area contributed by atoms with Crippen molar-refractivity contribution in [3.8, 4) is 0 Å². The summed E-state index contributed by atoms with van der Waals surface area (Å²) in [4.78, 5) is 2.63. The maximum atomic E-state index is 3.88. The lowest BCUT2D eigenvalue weighted by atomic mass is 9.93. The van der Waals surface area contributed by atoms with Crippen LogP contribution in [0.2, 0.25) is 0 Å². The van der Waals surface area contributed by atoms with E-state index >= 15 is 0 Å². The Bertz CT molecular complexity index is 419. The topological polar surface area (TPSA) is 15.3 Å². The number of allylic oxidation sites excluding steroid dienone is 1.